The van der Waals surface area contributed by atoms with Crippen molar-refractivity contribution < 1.29 is 9.21 Å². The number of nitrogens with one attached hydrogen (secondary N) is 1. The first-order chi connectivity index (χ1) is 11.0. The number of benzene rings is 1. The Morgan fingerprint density at radius 2 is 2.09 bits per heavy atom. The van der Waals surface area contributed by atoms with Crippen molar-refractivity contribution in [2.24, 2.45) is 7.05 Å². The van der Waals surface area contributed by atoms with E-state index in [2.05, 4.69) is 10.4 Å². The number of hydrogen-bond acceptors (Lipinski definition) is 4. The molecule has 0 unspecified atom stereocenters. The molecule has 2 aromatic heterocycles. The largest absolute Gasteiger partial charge is 0.451 e. The lowest BCUT2D eigenvalue weighted by Gasteiger charge is -2.05. The molecule has 6 heteroatoms. The van der Waals surface area contributed by atoms with Crippen LogP contribution in [0.15, 0.2) is 28.7 Å². The molecule has 5 nitrogen and oxygen atoms in total. The van der Waals surface area contributed by atoms with Gasteiger partial charge in [-0.3, -0.25) is 9.48 Å². The predicted octanol–water partition coefficient (Wildman–Crippen LogP) is 3.90. The zero-order chi connectivity index (χ0) is 16.6. The van der Waals surface area contributed by atoms with E-state index in [-0.39, 0.29) is 5.91 Å². The van der Waals surface area contributed by atoms with Crippen LogP contribution >= 0.6 is 11.8 Å². The second-order valence-electron chi connectivity index (χ2n) is 5.46. The number of anilines is 1. The first-order valence-electron chi connectivity index (χ1n) is 7.33. The van der Waals surface area contributed by atoms with Gasteiger partial charge in [0.25, 0.3) is 5.91 Å². The molecule has 0 saturated carbocycles. The second-order valence-corrected chi connectivity index (χ2v) is 6.33. The van der Waals surface area contributed by atoms with Gasteiger partial charge >= 0.3 is 0 Å². The summed E-state index contributed by atoms with van der Waals surface area (Å²) in [5.41, 5.74) is 4.12. The van der Waals surface area contributed by atoms with Crippen molar-refractivity contribution in [2.75, 3.05) is 11.6 Å². The Hall–Kier alpha value is -2.21. The Balaban J connectivity index is 2.02. The van der Waals surface area contributed by atoms with Crippen LogP contribution < -0.4 is 5.32 Å². The minimum atomic E-state index is -0.232. The number of aromatic nitrogens is 2. The standard InChI is InChI=1S/C17H19N3O2S/c1-10-15(11(2)20(3)19-10)18-17(21)16-13(9-23-4)12-7-5-6-8-14(12)22-16/h5-8H,9H2,1-4H3,(H,18,21). The van der Waals surface area contributed by atoms with Crippen LogP contribution in [0, 0.1) is 13.8 Å². The van der Waals surface area contributed by atoms with Crippen molar-refractivity contribution in [1.82, 2.24) is 9.78 Å². The fourth-order valence-corrected chi connectivity index (χ4v) is 3.27. The number of aryl methyl sites for hydroxylation is 2. The number of carbonyl (C=O) groups excluding carboxylic acids is 1. The van der Waals surface area contributed by atoms with E-state index in [1.54, 1.807) is 16.4 Å². The summed E-state index contributed by atoms with van der Waals surface area (Å²) in [6.07, 6.45) is 2.01. The van der Waals surface area contributed by atoms with Gasteiger partial charge in [0.2, 0.25) is 0 Å². The topological polar surface area (TPSA) is 60.1 Å². The fraction of sp³-hybridized carbons (Fsp3) is 0.294. The maximum atomic E-state index is 12.7. The molecule has 0 fully saturated rings. The summed E-state index contributed by atoms with van der Waals surface area (Å²) in [7, 11) is 1.86. The molecule has 0 aliphatic carbocycles. The highest BCUT2D eigenvalue weighted by Gasteiger charge is 2.22. The molecular formula is C17H19N3O2S. The van der Waals surface area contributed by atoms with Crippen LogP contribution in [0.5, 0.6) is 0 Å². The molecular weight excluding hydrogens is 310 g/mol. The SMILES string of the molecule is CSCc1c(C(=O)Nc2c(C)nn(C)c2C)oc2ccccc12. The number of furan rings is 1. The summed E-state index contributed by atoms with van der Waals surface area (Å²) in [6, 6.07) is 7.74. The molecule has 1 N–H and O–H groups in total. The first kappa shape index (κ1) is 15.7. The summed E-state index contributed by atoms with van der Waals surface area (Å²) >= 11 is 1.67. The van der Waals surface area contributed by atoms with Crippen LogP contribution in [0.4, 0.5) is 5.69 Å². The van der Waals surface area contributed by atoms with Gasteiger partial charge in [-0.05, 0) is 26.2 Å². The number of fused-ring (bicyclic) bond motifs is 1. The molecule has 0 spiro atoms. The Labute approximate surface area is 139 Å². The lowest BCUT2D eigenvalue weighted by Crippen LogP contribution is -2.14. The van der Waals surface area contributed by atoms with E-state index in [4.69, 9.17) is 4.42 Å². The molecule has 1 aromatic carbocycles. The summed E-state index contributed by atoms with van der Waals surface area (Å²) in [5.74, 6) is 0.873. The number of thioether (sulfide) groups is 1. The van der Waals surface area contributed by atoms with Gasteiger partial charge in [0.15, 0.2) is 5.76 Å². The summed E-state index contributed by atoms with van der Waals surface area (Å²) in [5, 5.41) is 8.27. The molecule has 1 amide bonds. The molecule has 2 heterocycles. The van der Waals surface area contributed by atoms with Gasteiger partial charge in [-0.25, -0.2) is 0 Å². The van der Waals surface area contributed by atoms with Gasteiger partial charge in [-0.1, -0.05) is 18.2 Å². The van der Waals surface area contributed by atoms with Crippen molar-refractivity contribution in [3.05, 3.63) is 47.0 Å². The minimum absolute atomic E-state index is 0.232. The Kier molecular flexibility index (Phi) is 4.17. The highest BCUT2D eigenvalue weighted by Crippen LogP contribution is 2.30. The monoisotopic (exact) mass is 329 g/mol. The third kappa shape index (κ3) is 2.74. The smallest absolute Gasteiger partial charge is 0.291 e. The van der Waals surface area contributed by atoms with E-state index in [1.165, 1.54) is 0 Å². The van der Waals surface area contributed by atoms with Crippen LogP contribution in [0.1, 0.15) is 27.5 Å². The van der Waals surface area contributed by atoms with Crippen molar-refractivity contribution in [1.29, 1.82) is 0 Å². The zero-order valence-corrected chi connectivity index (χ0v) is 14.5. The number of amides is 1. The van der Waals surface area contributed by atoms with Crippen molar-refractivity contribution in [3.8, 4) is 0 Å². The Morgan fingerprint density at radius 3 is 2.74 bits per heavy atom. The van der Waals surface area contributed by atoms with E-state index in [0.717, 1.165) is 39.4 Å². The molecule has 0 bridgehead atoms. The van der Waals surface area contributed by atoms with Gasteiger partial charge in [0, 0.05) is 23.8 Å². The van der Waals surface area contributed by atoms with Crippen LogP contribution in [-0.4, -0.2) is 21.9 Å². The van der Waals surface area contributed by atoms with Crippen molar-refractivity contribution in [3.63, 3.8) is 0 Å². The molecule has 23 heavy (non-hydrogen) atoms. The van der Waals surface area contributed by atoms with Crippen molar-refractivity contribution in [2.45, 2.75) is 19.6 Å². The van der Waals surface area contributed by atoms with Gasteiger partial charge in [-0.15, -0.1) is 0 Å². The summed E-state index contributed by atoms with van der Waals surface area (Å²) < 4.78 is 7.58. The van der Waals surface area contributed by atoms with Gasteiger partial charge in [0.1, 0.15) is 5.58 Å². The molecule has 3 rings (SSSR count). The third-order valence-electron chi connectivity index (χ3n) is 3.94. The van der Waals surface area contributed by atoms with Gasteiger partial charge in [-0.2, -0.15) is 16.9 Å². The number of para-hydroxylation sites is 1. The molecule has 0 aliphatic rings. The normalized spacial score (nSPS) is 11.1. The number of carbonyl (C=O) groups is 1. The molecule has 0 atom stereocenters. The molecule has 0 saturated heterocycles. The number of nitrogens with zero attached hydrogens (tertiary/aromatic N) is 2. The van der Waals surface area contributed by atoms with Crippen LogP contribution in [0.25, 0.3) is 11.0 Å². The average molecular weight is 329 g/mol. The Bertz CT molecular complexity index is 879. The minimum Gasteiger partial charge on any atom is -0.451 e. The lowest BCUT2D eigenvalue weighted by molar-refractivity contribution is 0.0997. The highest BCUT2D eigenvalue weighted by atomic mass is 32.2. The number of hydrogen-bond donors (Lipinski definition) is 1. The van der Waals surface area contributed by atoms with E-state index in [1.807, 2.05) is 51.4 Å². The summed E-state index contributed by atoms with van der Waals surface area (Å²) in [6.45, 7) is 3.81. The highest BCUT2D eigenvalue weighted by molar-refractivity contribution is 7.97. The summed E-state index contributed by atoms with van der Waals surface area (Å²) in [4.78, 5) is 12.7. The fourth-order valence-electron chi connectivity index (χ4n) is 2.69. The molecule has 0 radical (unpaired) electrons. The van der Waals surface area contributed by atoms with E-state index in [0.29, 0.717) is 5.76 Å². The third-order valence-corrected chi connectivity index (χ3v) is 4.52. The molecule has 3 aromatic rings. The molecule has 120 valence electrons. The first-order valence-corrected chi connectivity index (χ1v) is 8.73. The Morgan fingerprint density at radius 1 is 1.35 bits per heavy atom. The predicted molar refractivity (Wildman–Crippen MR) is 94.1 cm³/mol. The van der Waals surface area contributed by atoms with E-state index in [9.17, 15) is 4.79 Å². The van der Waals surface area contributed by atoms with Crippen LogP contribution in [0.2, 0.25) is 0 Å². The van der Waals surface area contributed by atoms with E-state index >= 15 is 0 Å². The maximum absolute atomic E-state index is 12.7. The van der Waals surface area contributed by atoms with E-state index < -0.39 is 0 Å². The average Bonchev–Trinajstić information content (AvgIpc) is 3.01. The molecule has 0 aliphatic heterocycles. The maximum Gasteiger partial charge on any atom is 0.291 e. The van der Waals surface area contributed by atoms with Gasteiger partial charge < -0.3 is 9.73 Å². The quantitative estimate of drug-likeness (QED) is 0.788. The zero-order valence-electron chi connectivity index (χ0n) is 13.6. The second kappa shape index (κ2) is 6.12. The van der Waals surface area contributed by atoms with Crippen molar-refractivity contribution >= 4 is 34.3 Å². The lowest BCUT2D eigenvalue weighted by atomic mass is 10.1. The van der Waals surface area contributed by atoms with Crippen LogP contribution in [0.3, 0.4) is 0 Å². The van der Waals surface area contributed by atoms with Gasteiger partial charge in [0.05, 0.1) is 17.1 Å². The number of rotatable bonds is 4. The van der Waals surface area contributed by atoms with Crippen LogP contribution in [-0.2, 0) is 12.8 Å².